The van der Waals surface area contributed by atoms with Crippen molar-refractivity contribution in [2.45, 2.75) is 57.9 Å². The molecule has 1 heterocycles. The van der Waals surface area contributed by atoms with Gasteiger partial charge in [-0.25, -0.2) is 0 Å². The van der Waals surface area contributed by atoms with E-state index in [1.807, 2.05) is 0 Å². The molecule has 3 heteroatoms. The molecular formula is C14H26N2O. The summed E-state index contributed by atoms with van der Waals surface area (Å²) in [5, 5.41) is 6.42. The van der Waals surface area contributed by atoms with E-state index in [1.54, 1.807) is 0 Å². The minimum Gasteiger partial charge on any atom is -0.356 e. The van der Waals surface area contributed by atoms with Crippen LogP contribution in [0, 0.1) is 11.8 Å². The summed E-state index contributed by atoms with van der Waals surface area (Å²) in [6, 6.07) is 0.352. The molecule has 0 aromatic heterocycles. The molecule has 17 heavy (non-hydrogen) atoms. The highest BCUT2D eigenvalue weighted by Gasteiger charge is 2.28. The van der Waals surface area contributed by atoms with Crippen LogP contribution in [0.3, 0.4) is 0 Å². The molecule has 2 rings (SSSR count). The number of hydrogen-bond acceptors (Lipinski definition) is 2. The Bertz CT molecular complexity index is 249. The van der Waals surface area contributed by atoms with Crippen LogP contribution >= 0.6 is 0 Å². The van der Waals surface area contributed by atoms with Crippen molar-refractivity contribution in [3.05, 3.63) is 0 Å². The predicted molar refractivity (Wildman–Crippen MR) is 69.8 cm³/mol. The molecular weight excluding hydrogens is 212 g/mol. The van der Waals surface area contributed by atoms with Crippen LogP contribution in [0.5, 0.6) is 0 Å². The van der Waals surface area contributed by atoms with Crippen LogP contribution in [0.4, 0.5) is 0 Å². The Morgan fingerprint density at radius 3 is 2.71 bits per heavy atom. The van der Waals surface area contributed by atoms with Crippen molar-refractivity contribution in [3.8, 4) is 0 Å². The van der Waals surface area contributed by atoms with Gasteiger partial charge in [-0.05, 0) is 38.6 Å². The Balaban J connectivity index is 1.56. The van der Waals surface area contributed by atoms with E-state index in [4.69, 9.17) is 0 Å². The summed E-state index contributed by atoms with van der Waals surface area (Å²) < 4.78 is 0. The molecule has 1 saturated heterocycles. The normalized spacial score (nSPS) is 29.7. The first kappa shape index (κ1) is 12.9. The van der Waals surface area contributed by atoms with Crippen molar-refractivity contribution in [1.82, 2.24) is 10.6 Å². The molecule has 1 amide bonds. The molecule has 0 radical (unpaired) electrons. The maximum absolute atomic E-state index is 11.9. The molecule has 0 aromatic carbocycles. The molecule has 1 saturated carbocycles. The maximum atomic E-state index is 11.9. The molecule has 2 N–H and O–H groups in total. The second-order valence-corrected chi connectivity index (χ2v) is 5.72. The van der Waals surface area contributed by atoms with Gasteiger partial charge in [0.1, 0.15) is 0 Å². The summed E-state index contributed by atoms with van der Waals surface area (Å²) in [5.74, 6) is 1.40. The molecule has 2 fully saturated rings. The third-order valence-corrected chi connectivity index (χ3v) is 4.43. The van der Waals surface area contributed by atoms with E-state index in [0.717, 1.165) is 31.8 Å². The third kappa shape index (κ3) is 3.70. The molecule has 2 atom stereocenters. The molecule has 0 spiro atoms. The summed E-state index contributed by atoms with van der Waals surface area (Å²) in [5.41, 5.74) is 0. The monoisotopic (exact) mass is 238 g/mol. The summed E-state index contributed by atoms with van der Waals surface area (Å²) in [4.78, 5) is 11.9. The van der Waals surface area contributed by atoms with E-state index < -0.39 is 0 Å². The fraction of sp³-hybridized carbons (Fsp3) is 0.929. The molecule has 1 aliphatic carbocycles. The van der Waals surface area contributed by atoms with Gasteiger partial charge in [0.25, 0.3) is 0 Å². The molecule has 1 aliphatic heterocycles. The highest BCUT2D eigenvalue weighted by Crippen LogP contribution is 2.28. The van der Waals surface area contributed by atoms with Gasteiger partial charge >= 0.3 is 0 Å². The second-order valence-electron chi connectivity index (χ2n) is 5.72. The molecule has 98 valence electrons. The summed E-state index contributed by atoms with van der Waals surface area (Å²) in [6.45, 7) is 3.97. The first-order chi connectivity index (χ1) is 8.27. The number of amides is 1. The van der Waals surface area contributed by atoms with E-state index in [0.29, 0.717) is 6.04 Å². The zero-order valence-corrected chi connectivity index (χ0v) is 11.0. The van der Waals surface area contributed by atoms with E-state index in [2.05, 4.69) is 17.6 Å². The zero-order valence-electron chi connectivity index (χ0n) is 11.0. The molecule has 0 bridgehead atoms. The van der Waals surface area contributed by atoms with Crippen molar-refractivity contribution >= 4 is 5.91 Å². The highest BCUT2D eigenvalue weighted by atomic mass is 16.1. The second kappa shape index (κ2) is 6.39. The first-order valence-electron chi connectivity index (χ1n) is 7.28. The topological polar surface area (TPSA) is 41.1 Å². The van der Waals surface area contributed by atoms with E-state index in [1.165, 1.54) is 32.1 Å². The van der Waals surface area contributed by atoms with Gasteiger partial charge < -0.3 is 10.6 Å². The Morgan fingerprint density at radius 1 is 1.29 bits per heavy atom. The Labute approximate surface area is 105 Å². The Kier molecular flexibility index (Phi) is 4.84. The van der Waals surface area contributed by atoms with Gasteiger partial charge in [0.2, 0.25) is 5.91 Å². The van der Waals surface area contributed by atoms with Gasteiger partial charge in [-0.15, -0.1) is 0 Å². The predicted octanol–water partition coefficient (Wildman–Crippen LogP) is 2.07. The summed E-state index contributed by atoms with van der Waals surface area (Å²) in [6.07, 6.45) is 9.12. The minimum absolute atomic E-state index is 0.196. The van der Waals surface area contributed by atoms with Crippen LogP contribution in [0.2, 0.25) is 0 Å². The number of carbonyl (C=O) groups is 1. The fourth-order valence-electron chi connectivity index (χ4n) is 3.25. The number of nitrogens with one attached hydrogen (secondary N) is 2. The molecule has 0 aromatic rings. The number of rotatable bonds is 5. The van der Waals surface area contributed by atoms with Crippen molar-refractivity contribution in [2.75, 3.05) is 13.1 Å². The summed E-state index contributed by atoms with van der Waals surface area (Å²) >= 11 is 0. The van der Waals surface area contributed by atoms with Crippen molar-refractivity contribution in [2.24, 2.45) is 11.8 Å². The van der Waals surface area contributed by atoms with E-state index >= 15 is 0 Å². The van der Waals surface area contributed by atoms with E-state index in [9.17, 15) is 4.79 Å². The van der Waals surface area contributed by atoms with Crippen LogP contribution in [-0.2, 0) is 4.79 Å². The van der Waals surface area contributed by atoms with Crippen LogP contribution in [0.15, 0.2) is 0 Å². The molecule has 2 aliphatic rings. The third-order valence-electron chi connectivity index (χ3n) is 4.43. The van der Waals surface area contributed by atoms with Gasteiger partial charge in [0.05, 0.1) is 5.92 Å². The zero-order chi connectivity index (χ0) is 12.1. The quantitative estimate of drug-likeness (QED) is 0.720. The molecule has 3 nitrogen and oxygen atoms in total. The minimum atomic E-state index is 0.196. The fourth-order valence-corrected chi connectivity index (χ4v) is 3.25. The van der Waals surface area contributed by atoms with Crippen molar-refractivity contribution < 1.29 is 4.79 Å². The molecule has 2 unspecified atom stereocenters. The van der Waals surface area contributed by atoms with Crippen molar-refractivity contribution in [1.29, 1.82) is 0 Å². The van der Waals surface area contributed by atoms with Crippen LogP contribution in [0.1, 0.15) is 51.9 Å². The lowest BCUT2D eigenvalue weighted by molar-refractivity contribution is -0.125. The standard InChI is InChI=1S/C14H26N2O/c1-11-13(8-10-15-11)14(17)16-9-4-7-12-5-2-3-6-12/h11-13,15H,2-10H2,1H3,(H,16,17). The lowest BCUT2D eigenvalue weighted by Crippen LogP contribution is -2.37. The van der Waals surface area contributed by atoms with Gasteiger partial charge in [-0.1, -0.05) is 25.7 Å². The van der Waals surface area contributed by atoms with Gasteiger partial charge in [0.15, 0.2) is 0 Å². The van der Waals surface area contributed by atoms with Gasteiger partial charge in [-0.3, -0.25) is 4.79 Å². The van der Waals surface area contributed by atoms with Crippen LogP contribution in [-0.4, -0.2) is 25.0 Å². The average Bonchev–Trinajstić information content (AvgIpc) is 2.95. The van der Waals surface area contributed by atoms with Crippen LogP contribution in [0.25, 0.3) is 0 Å². The number of carbonyl (C=O) groups excluding carboxylic acids is 1. The van der Waals surface area contributed by atoms with Crippen LogP contribution < -0.4 is 10.6 Å². The average molecular weight is 238 g/mol. The highest BCUT2D eigenvalue weighted by molar-refractivity contribution is 5.79. The van der Waals surface area contributed by atoms with Gasteiger partial charge in [-0.2, -0.15) is 0 Å². The maximum Gasteiger partial charge on any atom is 0.224 e. The van der Waals surface area contributed by atoms with Crippen molar-refractivity contribution in [3.63, 3.8) is 0 Å². The summed E-state index contributed by atoms with van der Waals surface area (Å²) in [7, 11) is 0. The SMILES string of the molecule is CC1NCCC1C(=O)NCCCC1CCCC1. The lowest BCUT2D eigenvalue weighted by atomic mass is 10.0. The first-order valence-corrected chi connectivity index (χ1v) is 7.28. The Hall–Kier alpha value is -0.570. The smallest absolute Gasteiger partial charge is 0.224 e. The number of hydrogen-bond donors (Lipinski definition) is 2. The van der Waals surface area contributed by atoms with E-state index in [-0.39, 0.29) is 11.8 Å². The van der Waals surface area contributed by atoms with Gasteiger partial charge in [0, 0.05) is 12.6 Å². The largest absolute Gasteiger partial charge is 0.356 e. The lowest BCUT2D eigenvalue weighted by Gasteiger charge is -2.15. The Morgan fingerprint density at radius 2 is 2.06 bits per heavy atom.